The van der Waals surface area contributed by atoms with Crippen LogP contribution in [0.5, 0.6) is 0 Å². The maximum Gasteiger partial charge on any atom is 0.246 e. The van der Waals surface area contributed by atoms with Crippen molar-refractivity contribution in [2.24, 2.45) is 0 Å². The first-order chi connectivity index (χ1) is 9.99. The van der Waals surface area contributed by atoms with Crippen LogP contribution in [0.2, 0.25) is 10.0 Å². The number of halogens is 2. The van der Waals surface area contributed by atoms with E-state index in [-0.39, 0.29) is 5.91 Å². The van der Waals surface area contributed by atoms with E-state index in [9.17, 15) is 4.79 Å². The average Bonchev–Trinajstić information content (AvgIpc) is 2.90. The van der Waals surface area contributed by atoms with Crippen LogP contribution in [0.25, 0.3) is 0 Å². The van der Waals surface area contributed by atoms with Gasteiger partial charge in [-0.1, -0.05) is 23.2 Å². The lowest BCUT2D eigenvalue weighted by molar-refractivity contribution is -0.116. The molecule has 0 aliphatic rings. The van der Waals surface area contributed by atoms with Crippen LogP contribution in [0.4, 0.5) is 11.4 Å². The van der Waals surface area contributed by atoms with Crippen LogP contribution in [0.15, 0.2) is 30.6 Å². The van der Waals surface area contributed by atoms with Crippen molar-refractivity contribution in [3.63, 3.8) is 0 Å². The van der Waals surface area contributed by atoms with Crippen LogP contribution in [0, 0.1) is 0 Å². The summed E-state index contributed by atoms with van der Waals surface area (Å²) in [7, 11) is 0. The molecule has 1 amide bonds. The Morgan fingerprint density at radius 1 is 1.43 bits per heavy atom. The summed E-state index contributed by atoms with van der Waals surface area (Å²) in [6.45, 7) is 4.53. The predicted molar refractivity (Wildman–Crippen MR) is 86.1 cm³/mol. The first-order valence-corrected chi connectivity index (χ1v) is 7.30. The van der Waals surface area contributed by atoms with E-state index < -0.39 is 6.04 Å². The molecule has 0 spiro atoms. The number of aryl methyl sites for hydroxylation is 1. The molecule has 5 nitrogen and oxygen atoms in total. The Labute approximate surface area is 133 Å². The van der Waals surface area contributed by atoms with Crippen molar-refractivity contribution in [1.29, 1.82) is 0 Å². The third-order valence-corrected chi connectivity index (χ3v) is 3.48. The molecule has 1 aromatic heterocycles. The van der Waals surface area contributed by atoms with Gasteiger partial charge in [-0.15, -0.1) is 0 Å². The fraction of sp³-hybridized carbons (Fsp3) is 0.286. The summed E-state index contributed by atoms with van der Waals surface area (Å²) in [6, 6.07) is 4.49. The van der Waals surface area contributed by atoms with Gasteiger partial charge in [0.15, 0.2) is 0 Å². The minimum atomic E-state index is -0.436. The average molecular weight is 327 g/mol. The number of benzene rings is 1. The first kappa shape index (κ1) is 15.7. The second kappa shape index (κ2) is 6.83. The van der Waals surface area contributed by atoms with Crippen LogP contribution in [-0.2, 0) is 11.3 Å². The number of carbonyl (C=O) groups is 1. The van der Waals surface area contributed by atoms with E-state index in [1.54, 1.807) is 36.0 Å². The maximum absolute atomic E-state index is 12.2. The lowest BCUT2D eigenvalue weighted by Gasteiger charge is -2.14. The lowest BCUT2D eigenvalue weighted by atomic mass is 10.2. The molecule has 21 heavy (non-hydrogen) atoms. The van der Waals surface area contributed by atoms with Crippen molar-refractivity contribution in [2.45, 2.75) is 26.4 Å². The van der Waals surface area contributed by atoms with Gasteiger partial charge in [-0.2, -0.15) is 5.10 Å². The highest BCUT2D eigenvalue weighted by atomic mass is 35.5. The van der Waals surface area contributed by atoms with Gasteiger partial charge >= 0.3 is 0 Å². The standard InChI is InChI=1S/C14H16Cl2N4O/c1-3-20-8-11(7-17-20)18-9(2)14(21)19-13-6-10(15)4-5-12(13)16/h4-9,18H,3H2,1-2H3,(H,19,21)/t9-/m0/s1. The summed E-state index contributed by atoms with van der Waals surface area (Å²) in [6.07, 6.45) is 3.52. The molecule has 2 aromatic rings. The minimum absolute atomic E-state index is 0.205. The Hall–Kier alpha value is -1.72. The number of aromatic nitrogens is 2. The van der Waals surface area contributed by atoms with Crippen molar-refractivity contribution in [1.82, 2.24) is 9.78 Å². The van der Waals surface area contributed by atoms with Crippen molar-refractivity contribution in [2.75, 3.05) is 10.6 Å². The van der Waals surface area contributed by atoms with Gasteiger partial charge in [0, 0.05) is 17.8 Å². The van der Waals surface area contributed by atoms with Crippen LogP contribution in [-0.4, -0.2) is 21.7 Å². The topological polar surface area (TPSA) is 59.0 Å². The lowest BCUT2D eigenvalue weighted by Crippen LogP contribution is -2.31. The Morgan fingerprint density at radius 2 is 2.19 bits per heavy atom. The van der Waals surface area contributed by atoms with Gasteiger partial charge in [0.05, 0.1) is 22.6 Å². The van der Waals surface area contributed by atoms with E-state index in [1.807, 2.05) is 13.1 Å². The molecule has 2 N–H and O–H groups in total. The summed E-state index contributed by atoms with van der Waals surface area (Å²) in [5.74, 6) is -0.205. The van der Waals surface area contributed by atoms with Gasteiger partial charge in [-0.3, -0.25) is 9.48 Å². The highest BCUT2D eigenvalue weighted by molar-refractivity contribution is 6.35. The molecule has 0 radical (unpaired) electrons. The number of anilines is 2. The van der Waals surface area contributed by atoms with Gasteiger partial charge in [0.25, 0.3) is 0 Å². The largest absolute Gasteiger partial charge is 0.371 e. The highest BCUT2D eigenvalue weighted by Gasteiger charge is 2.15. The molecular weight excluding hydrogens is 311 g/mol. The van der Waals surface area contributed by atoms with Gasteiger partial charge < -0.3 is 10.6 Å². The van der Waals surface area contributed by atoms with Gasteiger partial charge in [-0.25, -0.2) is 0 Å². The molecule has 0 saturated heterocycles. The number of amides is 1. The molecule has 1 aromatic carbocycles. The third kappa shape index (κ3) is 4.12. The Balaban J connectivity index is 2.00. The van der Waals surface area contributed by atoms with E-state index in [4.69, 9.17) is 23.2 Å². The molecule has 0 bridgehead atoms. The fourth-order valence-corrected chi connectivity index (χ4v) is 2.10. The quantitative estimate of drug-likeness (QED) is 0.881. The summed E-state index contributed by atoms with van der Waals surface area (Å²) >= 11 is 11.9. The van der Waals surface area contributed by atoms with Crippen molar-refractivity contribution < 1.29 is 4.79 Å². The van der Waals surface area contributed by atoms with Crippen LogP contribution in [0.1, 0.15) is 13.8 Å². The molecule has 0 saturated carbocycles. The van der Waals surface area contributed by atoms with Crippen LogP contribution >= 0.6 is 23.2 Å². The fourth-order valence-electron chi connectivity index (χ4n) is 1.76. The van der Waals surface area contributed by atoms with Crippen molar-refractivity contribution in [3.05, 3.63) is 40.6 Å². The summed E-state index contributed by atoms with van der Waals surface area (Å²) < 4.78 is 1.78. The summed E-state index contributed by atoms with van der Waals surface area (Å²) in [4.78, 5) is 12.2. The van der Waals surface area contributed by atoms with Crippen LogP contribution in [0.3, 0.4) is 0 Å². The molecule has 0 aliphatic heterocycles. The smallest absolute Gasteiger partial charge is 0.246 e. The molecule has 2 rings (SSSR count). The first-order valence-electron chi connectivity index (χ1n) is 6.54. The Bertz CT molecular complexity index is 642. The second-order valence-electron chi connectivity index (χ2n) is 4.56. The molecule has 0 aliphatic carbocycles. The maximum atomic E-state index is 12.2. The van der Waals surface area contributed by atoms with E-state index in [0.29, 0.717) is 15.7 Å². The summed E-state index contributed by atoms with van der Waals surface area (Å²) in [5.41, 5.74) is 1.28. The molecule has 1 heterocycles. The number of hydrogen-bond donors (Lipinski definition) is 2. The molecule has 7 heteroatoms. The Kier molecular flexibility index (Phi) is 5.09. The molecular formula is C14H16Cl2N4O. The second-order valence-corrected chi connectivity index (χ2v) is 5.41. The normalized spacial score (nSPS) is 12.0. The molecule has 0 fully saturated rings. The monoisotopic (exact) mass is 326 g/mol. The molecule has 0 unspecified atom stereocenters. The minimum Gasteiger partial charge on any atom is -0.371 e. The predicted octanol–water partition coefficient (Wildman–Crippen LogP) is 3.65. The number of nitrogens with one attached hydrogen (secondary N) is 2. The SMILES string of the molecule is CCn1cc(N[C@@H](C)C(=O)Nc2cc(Cl)ccc2Cl)cn1. The third-order valence-electron chi connectivity index (χ3n) is 2.92. The van der Waals surface area contributed by atoms with Gasteiger partial charge in [-0.05, 0) is 32.0 Å². The van der Waals surface area contributed by atoms with E-state index in [2.05, 4.69) is 15.7 Å². The number of rotatable bonds is 5. The number of hydrogen-bond acceptors (Lipinski definition) is 3. The van der Waals surface area contributed by atoms with E-state index >= 15 is 0 Å². The number of nitrogens with zero attached hydrogens (tertiary/aromatic N) is 2. The Morgan fingerprint density at radius 3 is 2.86 bits per heavy atom. The van der Waals surface area contributed by atoms with E-state index in [0.717, 1.165) is 12.2 Å². The highest BCUT2D eigenvalue weighted by Crippen LogP contribution is 2.25. The molecule has 112 valence electrons. The molecule has 1 atom stereocenters. The van der Waals surface area contributed by atoms with Crippen LogP contribution < -0.4 is 10.6 Å². The van der Waals surface area contributed by atoms with Gasteiger partial charge in [0.1, 0.15) is 6.04 Å². The zero-order valence-corrected chi connectivity index (χ0v) is 13.2. The van der Waals surface area contributed by atoms with Crippen molar-refractivity contribution >= 4 is 40.5 Å². The zero-order chi connectivity index (χ0) is 15.4. The van der Waals surface area contributed by atoms with Gasteiger partial charge in [0.2, 0.25) is 5.91 Å². The number of carbonyl (C=O) groups excluding carboxylic acids is 1. The van der Waals surface area contributed by atoms with E-state index in [1.165, 1.54) is 0 Å². The zero-order valence-electron chi connectivity index (χ0n) is 11.7. The summed E-state index contributed by atoms with van der Waals surface area (Å²) in [5, 5.41) is 10.9. The van der Waals surface area contributed by atoms with Crippen molar-refractivity contribution in [3.8, 4) is 0 Å².